The van der Waals surface area contributed by atoms with Crippen molar-refractivity contribution in [3.8, 4) is 0 Å². The average molecular weight is 404 g/mol. The number of benzene rings is 1. The van der Waals surface area contributed by atoms with Gasteiger partial charge >= 0.3 is 0 Å². The van der Waals surface area contributed by atoms with Crippen LogP contribution in [0.25, 0.3) is 0 Å². The molecule has 1 aliphatic rings. The maximum Gasteiger partial charge on any atom is 0.296 e. The van der Waals surface area contributed by atoms with Crippen molar-refractivity contribution in [2.75, 3.05) is 41.0 Å². The Balaban J connectivity index is 2.05. The van der Waals surface area contributed by atoms with E-state index in [1.807, 2.05) is 6.92 Å². The molecule has 8 nitrogen and oxygen atoms in total. The molecule has 0 saturated heterocycles. The van der Waals surface area contributed by atoms with E-state index in [1.165, 1.54) is 26.4 Å². The summed E-state index contributed by atoms with van der Waals surface area (Å²) in [5, 5.41) is 10.4. The molecule has 1 aromatic carbocycles. The predicted octanol–water partition coefficient (Wildman–Crippen LogP) is 1.31. The van der Waals surface area contributed by atoms with Gasteiger partial charge in [-0.15, -0.1) is 0 Å². The summed E-state index contributed by atoms with van der Waals surface area (Å²) in [6.45, 7) is 2.13. The lowest BCUT2D eigenvalue weighted by molar-refractivity contribution is -0.112. The normalized spacial score (nSPS) is 25.8. The van der Waals surface area contributed by atoms with E-state index in [1.54, 1.807) is 12.1 Å². The maximum atomic E-state index is 12.4. The number of aliphatic hydroxyl groups excluding tert-OH is 1. The summed E-state index contributed by atoms with van der Waals surface area (Å²) >= 11 is 0. The topological polar surface area (TPSA) is 101 Å². The Bertz CT molecular complexity index is 660. The SMILES string of the molecule is COCOC[C@H]1[C@H](COS(=O)(=O)c2ccc(C)cc2)[C@H](O)C[C@@H]1OCOC. The van der Waals surface area contributed by atoms with Crippen LogP contribution in [0, 0.1) is 18.8 Å². The molecule has 1 N–H and O–H groups in total. The molecule has 1 aliphatic carbocycles. The Morgan fingerprint density at radius 2 is 1.70 bits per heavy atom. The Hall–Kier alpha value is -1.07. The molecule has 0 unspecified atom stereocenters. The van der Waals surface area contributed by atoms with E-state index in [0.29, 0.717) is 6.42 Å². The van der Waals surface area contributed by atoms with Gasteiger partial charge in [-0.2, -0.15) is 8.42 Å². The molecule has 0 bridgehead atoms. The fourth-order valence-electron chi connectivity index (χ4n) is 3.17. The zero-order valence-corrected chi connectivity index (χ0v) is 16.7. The molecule has 0 radical (unpaired) electrons. The highest BCUT2D eigenvalue weighted by molar-refractivity contribution is 7.86. The largest absolute Gasteiger partial charge is 0.393 e. The monoisotopic (exact) mass is 404 g/mol. The van der Waals surface area contributed by atoms with Crippen LogP contribution in [-0.4, -0.2) is 66.8 Å². The average Bonchev–Trinajstić information content (AvgIpc) is 2.93. The van der Waals surface area contributed by atoms with Crippen molar-refractivity contribution in [3.05, 3.63) is 29.8 Å². The molecule has 4 atom stereocenters. The lowest BCUT2D eigenvalue weighted by atomic mass is 9.95. The standard InChI is InChI=1S/C18H28O8S/c1-13-4-6-14(7-5-13)27(20,21)26-10-15-16(9-24-11-22-2)18(8-17(15)19)25-12-23-3/h4-7,15-19H,8-12H2,1-3H3/t15-,16-,17+,18-/m0/s1. The number of aryl methyl sites for hydroxylation is 1. The Kier molecular flexibility index (Phi) is 8.62. The number of rotatable bonds is 11. The summed E-state index contributed by atoms with van der Waals surface area (Å²) in [7, 11) is -0.892. The molecule has 154 valence electrons. The van der Waals surface area contributed by atoms with Gasteiger partial charge in [-0.3, -0.25) is 4.18 Å². The molecule has 0 aliphatic heterocycles. The Labute approximate surface area is 160 Å². The Morgan fingerprint density at radius 3 is 2.33 bits per heavy atom. The first kappa shape index (κ1) is 22.2. The van der Waals surface area contributed by atoms with Crippen molar-refractivity contribution in [2.45, 2.75) is 30.4 Å². The number of methoxy groups -OCH3 is 2. The van der Waals surface area contributed by atoms with E-state index in [0.717, 1.165) is 5.56 Å². The minimum Gasteiger partial charge on any atom is -0.393 e. The van der Waals surface area contributed by atoms with Crippen LogP contribution in [0.5, 0.6) is 0 Å². The van der Waals surface area contributed by atoms with E-state index in [-0.39, 0.29) is 43.7 Å². The molecule has 1 aromatic rings. The first-order chi connectivity index (χ1) is 12.9. The van der Waals surface area contributed by atoms with Gasteiger partial charge in [0.1, 0.15) is 13.6 Å². The summed E-state index contributed by atoms with van der Waals surface area (Å²) in [5.74, 6) is -0.706. The van der Waals surface area contributed by atoms with E-state index >= 15 is 0 Å². The second-order valence-electron chi connectivity index (χ2n) is 6.57. The first-order valence-electron chi connectivity index (χ1n) is 8.70. The van der Waals surface area contributed by atoms with Crippen LogP contribution in [-0.2, 0) is 33.2 Å². The van der Waals surface area contributed by atoms with E-state index < -0.39 is 22.1 Å². The van der Waals surface area contributed by atoms with Gasteiger partial charge in [-0.25, -0.2) is 0 Å². The fraction of sp³-hybridized carbons (Fsp3) is 0.667. The molecule has 0 amide bonds. The van der Waals surface area contributed by atoms with Crippen LogP contribution in [0.1, 0.15) is 12.0 Å². The van der Waals surface area contributed by atoms with Crippen molar-refractivity contribution < 1.29 is 36.7 Å². The third-order valence-corrected chi connectivity index (χ3v) is 5.93. The smallest absolute Gasteiger partial charge is 0.296 e. The van der Waals surface area contributed by atoms with E-state index in [4.69, 9.17) is 23.1 Å². The highest BCUT2D eigenvalue weighted by Gasteiger charge is 2.44. The summed E-state index contributed by atoms with van der Waals surface area (Å²) in [4.78, 5) is 0.0833. The molecule has 2 rings (SSSR count). The van der Waals surface area contributed by atoms with Crippen LogP contribution < -0.4 is 0 Å². The van der Waals surface area contributed by atoms with Gasteiger partial charge in [0.2, 0.25) is 0 Å². The minimum absolute atomic E-state index is 0.0768. The summed E-state index contributed by atoms with van der Waals surface area (Å²) < 4.78 is 50.9. The van der Waals surface area contributed by atoms with Crippen molar-refractivity contribution >= 4 is 10.1 Å². The summed E-state index contributed by atoms with van der Waals surface area (Å²) in [5.41, 5.74) is 0.952. The van der Waals surface area contributed by atoms with Gasteiger partial charge in [0.25, 0.3) is 10.1 Å². The summed E-state index contributed by atoms with van der Waals surface area (Å²) in [6, 6.07) is 6.41. The highest BCUT2D eigenvalue weighted by Crippen LogP contribution is 2.36. The first-order valence-corrected chi connectivity index (χ1v) is 10.1. The molecule has 9 heteroatoms. The molecule has 0 spiro atoms. The van der Waals surface area contributed by atoms with Gasteiger partial charge in [0.15, 0.2) is 0 Å². The lowest BCUT2D eigenvalue weighted by Crippen LogP contribution is -2.32. The quantitative estimate of drug-likeness (QED) is 0.335. The second kappa shape index (κ2) is 10.5. The highest BCUT2D eigenvalue weighted by atomic mass is 32.2. The number of ether oxygens (including phenoxy) is 4. The third kappa shape index (κ3) is 6.21. The van der Waals surface area contributed by atoms with Crippen molar-refractivity contribution in [1.29, 1.82) is 0 Å². The van der Waals surface area contributed by atoms with Gasteiger partial charge in [0, 0.05) is 32.5 Å². The molecule has 1 saturated carbocycles. The van der Waals surface area contributed by atoms with Gasteiger partial charge in [0.05, 0.1) is 30.3 Å². The third-order valence-electron chi connectivity index (χ3n) is 4.63. The second-order valence-corrected chi connectivity index (χ2v) is 8.19. The zero-order chi connectivity index (χ0) is 19.9. The van der Waals surface area contributed by atoms with Crippen molar-refractivity contribution in [1.82, 2.24) is 0 Å². The number of hydrogen-bond donors (Lipinski definition) is 1. The minimum atomic E-state index is -3.91. The van der Waals surface area contributed by atoms with Crippen LogP contribution in [0.15, 0.2) is 29.2 Å². The molecule has 0 aromatic heterocycles. The van der Waals surface area contributed by atoms with Gasteiger partial charge < -0.3 is 24.1 Å². The zero-order valence-electron chi connectivity index (χ0n) is 15.9. The summed E-state index contributed by atoms with van der Waals surface area (Å²) in [6.07, 6.45) is -0.744. The van der Waals surface area contributed by atoms with Crippen LogP contribution in [0.2, 0.25) is 0 Å². The predicted molar refractivity (Wildman–Crippen MR) is 96.5 cm³/mol. The lowest BCUT2D eigenvalue weighted by Gasteiger charge is -2.25. The van der Waals surface area contributed by atoms with E-state index in [2.05, 4.69) is 0 Å². The maximum absolute atomic E-state index is 12.4. The van der Waals surface area contributed by atoms with Crippen LogP contribution in [0.3, 0.4) is 0 Å². The molecule has 27 heavy (non-hydrogen) atoms. The van der Waals surface area contributed by atoms with E-state index in [9.17, 15) is 13.5 Å². The van der Waals surface area contributed by atoms with Crippen LogP contribution in [0.4, 0.5) is 0 Å². The van der Waals surface area contributed by atoms with Gasteiger partial charge in [-0.05, 0) is 19.1 Å². The molecular formula is C18H28O8S. The number of aliphatic hydroxyl groups is 1. The fourth-order valence-corrected chi connectivity index (χ4v) is 4.11. The van der Waals surface area contributed by atoms with Crippen molar-refractivity contribution in [2.24, 2.45) is 11.8 Å². The van der Waals surface area contributed by atoms with Gasteiger partial charge in [-0.1, -0.05) is 17.7 Å². The molecule has 0 heterocycles. The molecular weight excluding hydrogens is 376 g/mol. The Morgan fingerprint density at radius 1 is 1.04 bits per heavy atom. The number of hydrogen-bond acceptors (Lipinski definition) is 8. The van der Waals surface area contributed by atoms with Crippen molar-refractivity contribution in [3.63, 3.8) is 0 Å². The van der Waals surface area contributed by atoms with Crippen LogP contribution >= 0.6 is 0 Å². The molecule has 1 fully saturated rings.